The average Bonchev–Trinajstić information content (AvgIpc) is 2.51. The van der Waals surface area contributed by atoms with Crippen LogP contribution in [0.2, 0.25) is 0 Å². The molecule has 0 spiro atoms. The molecule has 0 N–H and O–H groups in total. The van der Waals surface area contributed by atoms with Gasteiger partial charge in [0.05, 0.1) is 17.1 Å². The van der Waals surface area contributed by atoms with E-state index in [1.165, 1.54) is 19.8 Å². The molecule has 0 bridgehead atoms. The summed E-state index contributed by atoms with van der Waals surface area (Å²) in [7, 11) is 0. The van der Waals surface area contributed by atoms with Crippen molar-refractivity contribution in [3.8, 4) is 0 Å². The van der Waals surface area contributed by atoms with Crippen molar-refractivity contribution in [2.24, 2.45) is 0 Å². The van der Waals surface area contributed by atoms with E-state index in [9.17, 15) is 4.79 Å². The Morgan fingerprint density at radius 2 is 1.95 bits per heavy atom. The maximum Gasteiger partial charge on any atom is 0.224 e. The van der Waals surface area contributed by atoms with Gasteiger partial charge in [0, 0.05) is 16.3 Å². The molecule has 20 heavy (non-hydrogen) atoms. The number of carbonyl (C=O) groups is 1. The minimum absolute atomic E-state index is 0.699. The van der Waals surface area contributed by atoms with Gasteiger partial charge in [0.1, 0.15) is 0 Å². The minimum Gasteiger partial charge on any atom is -0.340 e. The van der Waals surface area contributed by atoms with Gasteiger partial charge in [-0.3, -0.25) is 9.10 Å². The molecule has 0 saturated heterocycles. The summed E-state index contributed by atoms with van der Waals surface area (Å²) in [6.07, 6.45) is 0.699. The first-order valence-corrected chi connectivity index (χ1v) is 7.58. The molecule has 1 aliphatic heterocycles. The zero-order valence-corrected chi connectivity index (χ0v) is 12.7. The van der Waals surface area contributed by atoms with Gasteiger partial charge in [-0.15, -0.1) is 0 Å². The van der Waals surface area contributed by atoms with Crippen molar-refractivity contribution in [1.29, 1.82) is 0 Å². The predicted octanol–water partition coefficient (Wildman–Crippen LogP) is 4.12. The molecule has 1 heterocycles. The van der Waals surface area contributed by atoms with Gasteiger partial charge in [0.2, 0.25) is 6.41 Å². The Hall–Kier alpha value is -1.59. The zero-order chi connectivity index (χ0) is 14.1. The van der Waals surface area contributed by atoms with Gasteiger partial charge in [-0.25, -0.2) is 0 Å². The van der Waals surface area contributed by atoms with Crippen LogP contribution in [0.25, 0.3) is 0 Å². The highest BCUT2D eigenvalue weighted by molar-refractivity contribution is 7.99. The summed E-state index contributed by atoms with van der Waals surface area (Å²) in [4.78, 5) is 15.6. The quantitative estimate of drug-likeness (QED) is 0.681. The number of benzene rings is 2. The van der Waals surface area contributed by atoms with Crippen LogP contribution in [-0.2, 0) is 4.79 Å². The normalized spacial score (nSPS) is 12.6. The maximum absolute atomic E-state index is 10.9. The van der Waals surface area contributed by atoms with Gasteiger partial charge in [-0.05, 0) is 37.3 Å². The van der Waals surface area contributed by atoms with Crippen LogP contribution in [-0.4, -0.2) is 13.0 Å². The molecule has 3 nitrogen and oxygen atoms in total. The summed E-state index contributed by atoms with van der Waals surface area (Å²) < 4.78 is 1.29. The minimum atomic E-state index is 0.699. The number of hydrogen-bond donors (Lipinski definition) is 1. The number of rotatable bonds is 3. The molecule has 1 aliphatic rings. The van der Waals surface area contributed by atoms with E-state index in [0.29, 0.717) is 6.41 Å². The highest BCUT2D eigenvalue weighted by Crippen LogP contribution is 2.48. The predicted molar refractivity (Wildman–Crippen MR) is 87.2 cm³/mol. The van der Waals surface area contributed by atoms with E-state index >= 15 is 0 Å². The van der Waals surface area contributed by atoms with Crippen molar-refractivity contribution in [2.75, 3.05) is 15.7 Å². The lowest BCUT2D eigenvalue weighted by Gasteiger charge is -2.32. The number of para-hydroxylation sites is 1. The molecule has 102 valence electrons. The SMILES string of the molecule is CCN1c2ccccc2Sc2ccc(N(S)C=O)cc21. The van der Waals surface area contributed by atoms with Gasteiger partial charge in [-0.2, -0.15) is 0 Å². The van der Waals surface area contributed by atoms with Gasteiger partial charge in [-0.1, -0.05) is 36.7 Å². The summed E-state index contributed by atoms with van der Waals surface area (Å²) in [6.45, 7) is 3.00. The molecular weight excluding hydrogens is 288 g/mol. The van der Waals surface area contributed by atoms with Gasteiger partial charge < -0.3 is 4.90 Å². The molecular formula is C15H14N2OS2. The van der Waals surface area contributed by atoms with E-state index in [1.54, 1.807) is 11.8 Å². The molecule has 0 fully saturated rings. The van der Waals surface area contributed by atoms with Gasteiger partial charge in [0.25, 0.3) is 0 Å². The summed E-state index contributed by atoms with van der Waals surface area (Å²) in [5.74, 6) is 0. The lowest BCUT2D eigenvalue weighted by molar-refractivity contribution is -0.106. The first kappa shape index (κ1) is 13.4. The highest BCUT2D eigenvalue weighted by Gasteiger charge is 2.22. The van der Waals surface area contributed by atoms with Crippen LogP contribution < -0.4 is 9.21 Å². The van der Waals surface area contributed by atoms with Crippen LogP contribution in [0.3, 0.4) is 0 Å². The third kappa shape index (κ3) is 2.17. The molecule has 2 aromatic carbocycles. The second-order valence-electron chi connectivity index (χ2n) is 4.42. The maximum atomic E-state index is 10.9. The third-order valence-corrected chi connectivity index (χ3v) is 4.75. The lowest BCUT2D eigenvalue weighted by atomic mass is 10.2. The molecule has 0 saturated carbocycles. The topological polar surface area (TPSA) is 23.6 Å². The standard InChI is InChI=1S/C15H14N2OS2/c1-2-16-12-5-3-4-6-14(12)20-15-8-7-11(9-13(15)16)17(19)10-18/h3-10,19H,2H2,1H3. The van der Waals surface area contributed by atoms with E-state index in [4.69, 9.17) is 0 Å². The van der Waals surface area contributed by atoms with Crippen molar-refractivity contribution < 1.29 is 4.79 Å². The molecule has 0 unspecified atom stereocenters. The molecule has 1 amide bonds. The number of carbonyl (C=O) groups excluding carboxylic acids is 1. The zero-order valence-electron chi connectivity index (χ0n) is 11.0. The largest absolute Gasteiger partial charge is 0.340 e. The van der Waals surface area contributed by atoms with Crippen LogP contribution in [0.5, 0.6) is 0 Å². The fraction of sp³-hybridized carbons (Fsp3) is 0.133. The highest BCUT2D eigenvalue weighted by atomic mass is 32.2. The molecule has 0 atom stereocenters. The average molecular weight is 302 g/mol. The van der Waals surface area contributed by atoms with Crippen LogP contribution in [0.1, 0.15) is 6.92 Å². The van der Waals surface area contributed by atoms with Crippen molar-refractivity contribution >= 4 is 48.0 Å². The number of thiol groups is 1. The number of hydrogen-bond acceptors (Lipinski definition) is 4. The Labute approximate surface area is 128 Å². The van der Waals surface area contributed by atoms with E-state index in [-0.39, 0.29) is 0 Å². The van der Waals surface area contributed by atoms with Crippen molar-refractivity contribution in [2.45, 2.75) is 16.7 Å². The second kappa shape index (κ2) is 5.42. The number of fused-ring (bicyclic) bond motifs is 2. The number of amides is 1. The monoisotopic (exact) mass is 302 g/mol. The van der Waals surface area contributed by atoms with Crippen molar-refractivity contribution in [3.05, 3.63) is 42.5 Å². The Balaban J connectivity index is 2.11. The fourth-order valence-corrected chi connectivity index (χ4v) is 3.56. The van der Waals surface area contributed by atoms with Crippen molar-refractivity contribution in [3.63, 3.8) is 0 Å². The molecule has 0 radical (unpaired) electrons. The Bertz CT molecular complexity index is 660. The van der Waals surface area contributed by atoms with Crippen LogP contribution in [0.15, 0.2) is 52.3 Å². The van der Waals surface area contributed by atoms with E-state index < -0.39 is 0 Å². The van der Waals surface area contributed by atoms with Crippen LogP contribution >= 0.6 is 24.6 Å². The molecule has 5 heteroatoms. The Kier molecular flexibility index (Phi) is 3.63. The van der Waals surface area contributed by atoms with Crippen molar-refractivity contribution in [1.82, 2.24) is 0 Å². The first-order valence-electron chi connectivity index (χ1n) is 6.36. The molecule has 2 aromatic rings. The number of anilines is 3. The summed E-state index contributed by atoms with van der Waals surface area (Å²) >= 11 is 5.90. The van der Waals surface area contributed by atoms with E-state index in [0.717, 1.165) is 17.9 Å². The van der Waals surface area contributed by atoms with Gasteiger partial charge in [0.15, 0.2) is 0 Å². The first-order chi connectivity index (χ1) is 9.74. The number of nitrogens with zero attached hydrogens (tertiary/aromatic N) is 2. The van der Waals surface area contributed by atoms with E-state index in [1.807, 2.05) is 24.3 Å². The van der Waals surface area contributed by atoms with E-state index in [2.05, 4.69) is 42.8 Å². The molecule has 0 aliphatic carbocycles. The van der Waals surface area contributed by atoms with Crippen LogP contribution in [0.4, 0.5) is 17.1 Å². The smallest absolute Gasteiger partial charge is 0.224 e. The second-order valence-corrected chi connectivity index (χ2v) is 5.93. The molecule has 3 rings (SSSR count). The third-order valence-electron chi connectivity index (χ3n) is 3.29. The summed E-state index contributed by atoms with van der Waals surface area (Å²) in [5.41, 5.74) is 3.11. The lowest BCUT2D eigenvalue weighted by Crippen LogP contribution is -2.20. The Morgan fingerprint density at radius 1 is 1.20 bits per heavy atom. The summed E-state index contributed by atoms with van der Waals surface area (Å²) in [5, 5.41) is 0. The van der Waals surface area contributed by atoms with Crippen LogP contribution in [0, 0.1) is 0 Å². The molecule has 0 aromatic heterocycles. The fourth-order valence-electron chi connectivity index (χ4n) is 2.36. The van der Waals surface area contributed by atoms with Gasteiger partial charge >= 0.3 is 0 Å². The Morgan fingerprint density at radius 3 is 2.70 bits per heavy atom. The summed E-state index contributed by atoms with van der Waals surface area (Å²) in [6, 6.07) is 14.3.